The second-order valence-electron chi connectivity index (χ2n) is 7.24. The monoisotopic (exact) mass is 490 g/mol. The fourth-order valence-corrected chi connectivity index (χ4v) is 5.07. The standard InChI is InChI=1S/C17H13F3N4O6S2/c18-17(19,20)32(27,28)30-11-2-1-10(14-21-3-4-31-14)13-12(11)22-15(29-13)23-6-8-5-9(7-23)24(8)16(25)26/h1-4,8-9H,5-7H2,(H,25,26). The van der Waals surface area contributed by atoms with E-state index in [2.05, 4.69) is 14.2 Å². The fraction of sp³-hybridized carbons (Fsp3) is 0.353. The van der Waals surface area contributed by atoms with Crippen LogP contribution in [-0.2, 0) is 10.1 Å². The number of hydrogen-bond donors (Lipinski definition) is 1. The molecule has 0 radical (unpaired) electrons. The minimum absolute atomic E-state index is 0.0131. The molecule has 2 atom stereocenters. The Morgan fingerprint density at radius 2 is 2.00 bits per heavy atom. The van der Waals surface area contributed by atoms with E-state index in [1.54, 1.807) is 10.3 Å². The van der Waals surface area contributed by atoms with E-state index in [1.165, 1.54) is 28.5 Å². The van der Waals surface area contributed by atoms with Gasteiger partial charge in [0.2, 0.25) is 0 Å². The molecule has 3 fully saturated rings. The third-order valence-corrected chi connectivity index (χ3v) is 7.10. The van der Waals surface area contributed by atoms with Crippen LogP contribution in [0.4, 0.5) is 24.0 Å². The molecule has 15 heteroatoms. The van der Waals surface area contributed by atoms with Gasteiger partial charge in [-0.3, -0.25) is 4.90 Å². The van der Waals surface area contributed by atoms with Crippen molar-refractivity contribution in [2.24, 2.45) is 0 Å². The summed E-state index contributed by atoms with van der Waals surface area (Å²) in [5.74, 6) is -0.637. The maximum absolute atomic E-state index is 12.8. The highest BCUT2D eigenvalue weighted by Crippen LogP contribution is 2.41. The number of halogens is 3. The lowest BCUT2D eigenvalue weighted by Gasteiger charge is -2.54. The number of piperidine rings is 1. The summed E-state index contributed by atoms with van der Waals surface area (Å²) in [6.07, 6.45) is 1.19. The smallest absolute Gasteiger partial charge is 0.465 e. The molecule has 2 bridgehead atoms. The Labute approximate surface area is 182 Å². The summed E-state index contributed by atoms with van der Waals surface area (Å²) in [6.45, 7) is 0.554. The maximum atomic E-state index is 12.8. The lowest BCUT2D eigenvalue weighted by atomic mass is 9.88. The first-order valence-corrected chi connectivity index (χ1v) is 11.4. The largest absolute Gasteiger partial charge is 0.534 e. The summed E-state index contributed by atoms with van der Waals surface area (Å²) in [7, 11) is -5.92. The van der Waals surface area contributed by atoms with Crippen molar-refractivity contribution in [1.29, 1.82) is 0 Å². The van der Waals surface area contributed by atoms with Gasteiger partial charge in [-0.05, 0) is 18.6 Å². The van der Waals surface area contributed by atoms with Gasteiger partial charge < -0.3 is 18.6 Å². The van der Waals surface area contributed by atoms with Gasteiger partial charge in [0.15, 0.2) is 16.8 Å². The molecule has 5 heterocycles. The van der Waals surface area contributed by atoms with Gasteiger partial charge in [0.05, 0.1) is 17.6 Å². The van der Waals surface area contributed by atoms with Crippen LogP contribution in [0.25, 0.3) is 21.7 Å². The van der Waals surface area contributed by atoms with E-state index in [0.717, 1.165) is 6.07 Å². The number of piperazine rings is 1. The summed E-state index contributed by atoms with van der Waals surface area (Å²) in [4.78, 5) is 22.7. The van der Waals surface area contributed by atoms with Crippen molar-refractivity contribution < 1.29 is 40.1 Å². The second kappa shape index (κ2) is 6.96. The molecule has 1 N–H and O–H groups in total. The number of fused-ring (bicyclic) bond motifs is 3. The number of amides is 1. The number of benzene rings is 1. The number of carbonyl (C=O) groups is 1. The Morgan fingerprint density at radius 3 is 2.59 bits per heavy atom. The van der Waals surface area contributed by atoms with Gasteiger partial charge >= 0.3 is 21.7 Å². The average molecular weight is 490 g/mol. The van der Waals surface area contributed by atoms with Gasteiger partial charge in [0.1, 0.15) is 5.01 Å². The van der Waals surface area contributed by atoms with E-state index in [9.17, 15) is 31.5 Å². The van der Waals surface area contributed by atoms with Crippen LogP contribution in [0.5, 0.6) is 5.75 Å². The zero-order valence-electron chi connectivity index (χ0n) is 15.8. The van der Waals surface area contributed by atoms with E-state index < -0.39 is 27.5 Å². The van der Waals surface area contributed by atoms with Crippen LogP contribution in [-0.4, -0.2) is 65.2 Å². The zero-order chi connectivity index (χ0) is 22.8. The van der Waals surface area contributed by atoms with Crippen molar-refractivity contribution in [2.75, 3.05) is 18.0 Å². The van der Waals surface area contributed by atoms with Crippen LogP contribution in [0.1, 0.15) is 6.42 Å². The molecule has 2 unspecified atom stereocenters. The summed E-state index contributed by atoms with van der Waals surface area (Å²) in [6, 6.07) is 1.91. The van der Waals surface area contributed by atoms with Gasteiger partial charge in [0.25, 0.3) is 6.01 Å². The van der Waals surface area contributed by atoms with Gasteiger partial charge in [-0.25, -0.2) is 9.78 Å². The molecule has 1 aromatic carbocycles. The Bertz CT molecular complexity index is 1300. The van der Waals surface area contributed by atoms with Crippen LogP contribution in [0.15, 0.2) is 28.1 Å². The molecular formula is C17H13F3N4O6S2. The summed E-state index contributed by atoms with van der Waals surface area (Å²) >= 11 is 1.25. The highest BCUT2D eigenvalue weighted by Gasteiger charge is 2.50. The maximum Gasteiger partial charge on any atom is 0.534 e. The van der Waals surface area contributed by atoms with Crippen molar-refractivity contribution in [1.82, 2.24) is 14.9 Å². The van der Waals surface area contributed by atoms with Crippen molar-refractivity contribution in [3.05, 3.63) is 23.7 Å². The Hall–Kier alpha value is -3.07. The van der Waals surface area contributed by atoms with Gasteiger partial charge in [-0.15, -0.1) is 11.3 Å². The predicted octanol–water partition coefficient (Wildman–Crippen LogP) is 3.12. The number of rotatable bonds is 4. The first-order valence-electron chi connectivity index (χ1n) is 9.15. The topological polar surface area (TPSA) is 126 Å². The molecular weight excluding hydrogens is 477 g/mol. The summed E-state index contributed by atoms with van der Waals surface area (Å²) in [5, 5.41) is 11.4. The number of nitrogens with zero attached hydrogens (tertiary/aromatic N) is 4. The molecule has 1 amide bonds. The molecule has 6 rings (SSSR count). The highest BCUT2D eigenvalue weighted by atomic mass is 32.2. The average Bonchev–Trinajstić information content (AvgIpc) is 3.37. The van der Waals surface area contributed by atoms with Gasteiger partial charge in [-0.2, -0.15) is 26.6 Å². The van der Waals surface area contributed by atoms with Gasteiger partial charge in [-0.1, -0.05) is 0 Å². The lowest BCUT2D eigenvalue weighted by Crippen LogP contribution is -2.70. The Balaban J connectivity index is 1.56. The fourth-order valence-electron chi connectivity index (χ4n) is 3.94. The van der Waals surface area contributed by atoms with E-state index in [-0.39, 0.29) is 42.3 Å². The van der Waals surface area contributed by atoms with E-state index in [1.807, 2.05) is 0 Å². The number of thiazole rings is 1. The molecule has 2 aromatic heterocycles. The molecule has 3 aliphatic rings. The van der Waals surface area contributed by atoms with Crippen LogP contribution >= 0.6 is 11.3 Å². The SMILES string of the molecule is O=C(O)N1C2CC1CN(c1nc3c(OS(=O)(=O)C(F)(F)F)ccc(-c4nccs4)c3o1)C2. The Morgan fingerprint density at radius 1 is 1.28 bits per heavy atom. The third-order valence-electron chi connectivity index (χ3n) is 5.33. The number of hydrogen-bond acceptors (Lipinski definition) is 9. The number of carboxylic acid groups (broad SMARTS) is 1. The quantitative estimate of drug-likeness (QED) is 0.434. The van der Waals surface area contributed by atoms with Crippen LogP contribution in [0.2, 0.25) is 0 Å². The predicted molar refractivity (Wildman–Crippen MR) is 105 cm³/mol. The molecule has 10 nitrogen and oxygen atoms in total. The molecule has 0 aliphatic carbocycles. The van der Waals surface area contributed by atoms with Crippen LogP contribution in [0.3, 0.4) is 0 Å². The van der Waals surface area contributed by atoms with Crippen molar-refractivity contribution >= 4 is 44.7 Å². The van der Waals surface area contributed by atoms with Crippen molar-refractivity contribution in [2.45, 2.75) is 24.0 Å². The molecule has 32 heavy (non-hydrogen) atoms. The number of anilines is 1. The summed E-state index contributed by atoms with van der Waals surface area (Å²) in [5.41, 5.74) is -5.41. The normalized spacial score (nSPS) is 21.0. The molecule has 3 saturated heterocycles. The first kappa shape index (κ1) is 20.8. The summed E-state index contributed by atoms with van der Waals surface area (Å²) < 4.78 is 71.8. The zero-order valence-corrected chi connectivity index (χ0v) is 17.4. The Kier molecular flexibility index (Phi) is 4.53. The van der Waals surface area contributed by atoms with Crippen LogP contribution in [0, 0.1) is 0 Å². The lowest BCUT2D eigenvalue weighted by molar-refractivity contribution is -0.0499. The molecule has 3 aromatic rings. The van der Waals surface area contributed by atoms with Crippen molar-refractivity contribution in [3.8, 4) is 16.3 Å². The number of alkyl halides is 3. The molecule has 3 aliphatic heterocycles. The van der Waals surface area contributed by atoms with E-state index in [4.69, 9.17) is 4.42 Å². The first-order chi connectivity index (χ1) is 15.0. The van der Waals surface area contributed by atoms with Gasteiger partial charge in [0, 0.05) is 24.7 Å². The van der Waals surface area contributed by atoms with E-state index in [0.29, 0.717) is 17.0 Å². The molecule has 170 valence electrons. The molecule has 0 saturated carbocycles. The van der Waals surface area contributed by atoms with E-state index >= 15 is 0 Å². The van der Waals surface area contributed by atoms with Crippen LogP contribution < -0.4 is 9.08 Å². The highest BCUT2D eigenvalue weighted by molar-refractivity contribution is 7.88. The minimum Gasteiger partial charge on any atom is -0.465 e. The van der Waals surface area contributed by atoms with Crippen molar-refractivity contribution in [3.63, 3.8) is 0 Å². The number of aromatic nitrogens is 2. The second-order valence-corrected chi connectivity index (χ2v) is 9.68. The minimum atomic E-state index is -5.92. The number of oxazole rings is 1. The third kappa shape index (κ3) is 3.23. The molecule has 0 spiro atoms.